The lowest BCUT2D eigenvalue weighted by atomic mass is 9.86. The molecular formula is C23H29FN2O3S. The summed E-state index contributed by atoms with van der Waals surface area (Å²) in [7, 11) is -3.49. The number of hydrogen-bond donors (Lipinski definition) is 1. The molecule has 3 rings (SSSR count). The van der Waals surface area contributed by atoms with Crippen LogP contribution in [0.25, 0.3) is 0 Å². The molecule has 1 N–H and O–H groups in total. The van der Waals surface area contributed by atoms with E-state index in [-0.39, 0.29) is 34.5 Å². The molecule has 2 aromatic rings. The number of hydrogen-bond acceptors (Lipinski definition) is 4. The molecule has 1 aliphatic heterocycles. The van der Waals surface area contributed by atoms with Gasteiger partial charge >= 0.3 is 0 Å². The Morgan fingerprint density at radius 2 is 1.83 bits per heavy atom. The van der Waals surface area contributed by atoms with E-state index in [4.69, 9.17) is 0 Å². The Morgan fingerprint density at radius 3 is 2.43 bits per heavy atom. The van der Waals surface area contributed by atoms with Crippen LogP contribution in [0.5, 0.6) is 0 Å². The molecule has 1 saturated heterocycles. The average Bonchev–Trinajstić information content (AvgIpc) is 3.10. The molecule has 5 nitrogen and oxygen atoms in total. The van der Waals surface area contributed by atoms with E-state index in [9.17, 15) is 17.6 Å². The summed E-state index contributed by atoms with van der Waals surface area (Å²) in [6.07, 6.45) is 2.99. The predicted octanol–water partition coefficient (Wildman–Crippen LogP) is 4.30. The van der Waals surface area contributed by atoms with Gasteiger partial charge in [-0.2, -0.15) is 0 Å². The zero-order valence-corrected chi connectivity index (χ0v) is 18.7. The summed E-state index contributed by atoms with van der Waals surface area (Å²) in [6.45, 7) is 7.42. The Balaban J connectivity index is 1.71. The summed E-state index contributed by atoms with van der Waals surface area (Å²) < 4.78 is 37.5. The van der Waals surface area contributed by atoms with Gasteiger partial charge in [0, 0.05) is 12.3 Å². The Labute approximate surface area is 178 Å². The van der Waals surface area contributed by atoms with Gasteiger partial charge in [0.1, 0.15) is 5.82 Å². The van der Waals surface area contributed by atoms with Crippen molar-refractivity contribution in [2.45, 2.75) is 50.0 Å². The number of nitrogens with zero attached hydrogens (tertiary/aromatic N) is 1. The number of benzene rings is 2. The monoisotopic (exact) mass is 432 g/mol. The highest BCUT2D eigenvalue weighted by Crippen LogP contribution is 2.33. The van der Waals surface area contributed by atoms with E-state index in [2.05, 4.69) is 55.3 Å². The van der Waals surface area contributed by atoms with Crippen LogP contribution >= 0.6 is 0 Å². The SMILES string of the molecule is CC(C)(C)c1ccc([C@H]2CCCN2CC(=O)Nc2cc(S(C)(=O)=O)ccc2F)cc1. The third kappa shape index (κ3) is 5.26. The molecule has 7 heteroatoms. The number of nitrogens with one attached hydrogen (secondary N) is 1. The van der Waals surface area contributed by atoms with Crippen LogP contribution < -0.4 is 5.32 Å². The van der Waals surface area contributed by atoms with Crippen molar-refractivity contribution in [1.29, 1.82) is 0 Å². The standard InChI is InChI=1S/C23H29FN2O3S/c1-23(2,3)17-9-7-16(8-10-17)21-6-5-13-26(21)15-22(27)25-20-14-18(30(4,28)29)11-12-19(20)24/h7-12,14,21H,5-6,13,15H2,1-4H3,(H,25,27)/t21-/m1/s1. The van der Waals surface area contributed by atoms with E-state index in [1.54, 1.807) is 0 Å². The quantitative estimate of drug-likeness (QED) is 0.716. The van der Waals surface area contributed by atoms with Crippen LogP contribution in [0.2, 0.25) is 0 Å². The zero-order chi connectivity index (χ0) is 22.1. The Hall–Kier alpha value is -2.25. The summed E-state index contributed by atoms with van der Waals surface area (Å²) in [5, 5.41) is 2.53. The first kappa shape index (κ1) is 22.4. The molecule has 1 heterocycles. The number of anilines is 1. The second-order valence-electron chi connectivity index (χ2n) is 8.96. The first-order chi connectivity index (χ1) is 13.9. The highest BCUT2D eigenvalue weighted by molar-refractivity contribution is 7.90. The molecule has 2 aromatic carbocycles. The van der Waals surface area contributed by atoms with Gasteiger partial charge in [0.15, 0.2) is 9.84 Å². The molecule has 0 aliphatic carbocycles. The lowest BCUT2D eigenvalue weighted by Crippen LogP contribution is -2.33. The summed E-state index contributed by atoms with van der Waals surface area (Å²) in [6, 6.07) is 12.1. The van der Waals surface area contributed by atoms with E-state index >= 15 is 0 Å². The van der Waals surface area contributed by atoms with Gasteiger partial charge in [-0.25, -0.2) is 12.8 Å². The van der Waals surface area contributed by atoms with Crippen molar-refractivity contribution >= 4 is 21.4 Å². The van der Waals surface area contributed by atoms with Crippen molar-refractivity contribution < 1.29 is 17.6 Å². The van der Waals surface area contributed by atoms with Crippen LogP contribution in [0, 0.1) is 5.82 Å². The average molecular weight is 433 g/mol. The fourth-order valence-electron chi connectivity index (χ4n) is 3.80. The van der Waals surface area contributed by atoms with Gasteiger partial charge in [0.05, 0.1) is 17.1 Å². The second kappa shape index (κ2) is 8.47. The predicted molar refractivity (Wildman–Crippen MR) is 117 cm³/mol. The van der Waals surface area contributed by atoms with Crippen molar-refractivity contribution in [2.75, 3.05) is 24.7 Å². The smallest absolute Gasteiger partial charge is 0.238 e. The third-order valence-corrected chi connectivity index (χ3v) is 6.62. The summed E-state index contributed by atoms with van der Waals surface area (Å²) >= 11 is 0. The molecule has 1 atom stereocenters. The highest BCUT2D eigenvalue weighted by Gasteiger charge is 2.28. The van der Waals surface area contributed by atoms with Gasteiger partial charge in [-0.3, -0.25) is 9.69 Å². The van der Waals surface area contributed by atoms with Gasteiger partial charge in [-0.05, 0) is 54.1 Å². The minimum absolute atomic E-state index is 0.0304. The Bertz CT molecular complexity index is 1030. The van der Waals surface area contributed by atoms with Gasteiger partial charge in [0.2, 0.25) is 5.91 Å². The van der Waals surface area contributed by atoms with Crippen LogP contribution in [0.1, 0.15) is 50.8 Å². The number of carbonyl (C=O) groups is 1. The van der Waals surface area contributed by atoms with Gasteiger partial charge in [-0.1, -0.05) is 45.0 Å². The number of sulfone groups is 1. The number of likely N-dealkylation sites (tertiary alicyclic amines) is 1. The van der Waals surface area contributed by atoms with Crippen LogP contribution in [0.15, 0.2) is 47.4 Å². The van der Waals surface area contributed by atoms with Crippen LogP contribution in [0.3, 0.4) is 0 Å². The van der Waals surface area contributed by atoms with Gasteiger partial charge in [0.25, 0.3) is 0 Å². The van der Waals surface area contributed by atoms with E-state index in [1.165, 1.54) is 17.2 Å². The summed E-state index contributed by atoms with van der Waals surface area (Å²) in [5.74, 6) is -1.02. The Morgan fingerprint density at radius 1 is 1.17 bits per heavy atom. The molecule has 162 valence electrons. The minimum Gasteiger partial charge on any atom is -0.322 e. The second-order valence-corrected chi connectivity index (χ2v) is 11.0. The Kier molecular flexibility index (Phi) is 6.34. The zero-order valence-electron chi connectivity index (χ0n) is 17.9. The molecule has 1 aliphatic rings. The van der Waals surface area contributed by atoms with Crippen molar-refractivity contribution in [3.05, 3.63) is 59.4 Å². The number of amides is 1. The molecular weight excluding hydrogens is 403 g/mol. The number of carbonyl (C=O) groups excluding carboxylic acids is 1. The van der Waals surface area contributed by atoms with Gasteiger partial charge < -0.3 is 5.32 Å². The fraction of sp³-hybridized carbons (Fsp3) is 0.435. The summed E-state index contributed by atoms with van der Waals surface area (Å²) in [4.78, 5) is 14.6. The largest absolute Gasteiger partial charge is 0.322 e. The highest BCUT2D eigenvalue weighted by atomic mass is 32.2. The molecule has 0 radical (unpaired) electrons. The fourth-order valence-corrected chi connectivity index (χ4v) is 4.45. The van der Waals surface area contributed by atoms with E-state index in [1.807, 2.05) is 0 Å². The van der Waals surface area contributed by atoms with Crippen LogP contribution in [0.4, 0.5) is 10.1 Å². The number of rotatable bonds is 5. The maximum absolute atomic E-state index is 14.1. The van der Waals surface area contributed by atoms with E-state index in [0.717, 1.165) is 37.8 Å². The lowest BCUT2D eigenvalue weighted by Gasteiger charge is -2.25. The van der Waals surface area contributed by atoms with Crippen molar-refractivity contribution in [3.8, 4) is 0 Å². The molecule has 0 bridgehead atoms. The maximum atomic E-state index is 14.1. The number of halogens is 1. The molecule has 1 fully saturated rings. The molecule has 0 saturated carbocycles. The van der Waals surface area contributed by atoms with Crippen molar-refractivity contribution in [3.63, 3.8) is 0 Å². The molecule has 1 amide bonds. The summed E-state index contributed by atoms with van der Waals surface area (Å²) in [5.41, 5.74) is 2.39. The first-order valence-corrected chi connectivity index (χ1v) is 12.0. The normalized spacial score (nSPS) is 17.8. The van der Waals surface area contributed by atoms with Crippen LogP contribution in [-0.2, 0) is 20.0 Å². The van der Waals surface area contributed by atoms with Crippen molar-refractivity contribution in [1.82, 2.24) is 4.90 Å². The molecule has 0 unspecified atom stereocenters. The first-order valence-electron chi connectivity index (χ1n) is 10.1. The third-order valence-electron chi connectivity index (χ3n) is 5.51. The minimum atomic E-state index is -3.49. The molecule has 0 spiro atoms. The molecule has 30 heavy (non-hydrogen) atoms. The van der Waals surface area contributed by atoms with E-state index < -0.39 is 15.7 Å². The van der Waals surface area contributed by atoms with Gasteiger partial charge in [-0.15, -0.1) is 0 Å². The lowest BCUT2D eigenvalue weighted by molar-refractivity contribution is -0.117. The van der Waals surface area contributed by atoms with Crippen LogP contribution in [-0.4, -0.2) is 38.6 Å². The maximum Gasteiger partial charge on any atom is 0.238 e. The van der Waals surface area contributed by atoms with E-state index in [0.29, 0.717) is 0 Å². The topological polar surface area (TPSA) is 66.5 Å². The van der Waals surface area contributed by atoms with Crippen molar-refractivity contribution in [2.24, 2.45) is 0 Å². The molecule has 0 aromatic heterocycles.